The third-order valence-electron chi connectivity index (χ3n) is 4.55. The molecule has 1 fully saturated rings. The lowest BCUT2D eigenvalue weighted by molar-refractivity contribution is 0.0703. The lowest BCUT2D eigenvalue weighted by atomic mass is 9.98. The first-order valence-corrected chi connectivity index (χ1v) is 10.8. The summed E-state index contributed by atoms with van der Waals surface area (Å²) in [6.07, 6.45) is 3.93. The number of amides is 1. The zero-order chi connectivity index (χ0) is 18.6. The first-order valence-electron chi connectivity index (χ1n) is 8.90. The van der Waals surface area contributed by atoms with Crippen molar-refractivity contribution < 1.29 is 9.32 Å². The number of nitrogens with zero attached hydrogens (tertiary/aromatic N) is 4. The van der Waals surface area contributed by atoms with Gasteiger partial charge in [0.1, 0.15) is 0 Å². The van der Waals surface area contributed by atoms with Gasteiger partial charge in [0.25, 0.3) is 5.91 Å². The standard InChI is InChI=1S/C19H20N4O2S2/c1-13-21-17(25-22-13)12-27-16-7-3-2-6-15(16)19(24)23-9-4-5-14(11-23)18-20-8-10-26-18/h2-3,6-8,10,14H,4-5,9,11-12H2,1H3. The Morgan fingerprint density at radius 1 is 1.41 bits per heavy atom. The zero-order valence-electron chi connectivity index (χ0n) is 15.0. The topological polar surface area (TPSA) is 72.1 Å². The van der Waals surface area contributed by atoms with Gasteiger partial charge in [0.15, 0.2) is 5.82 Å². The van der Waals surface area contributed by atoms with Crippen LogP contribution in [0.3, 0.4) is 0 Å². The van der Waals surface area contributed by atoms with E-state index in [1.165, 1.54) is 0 Å². The molecule has 0 saturated carbocycles. The van der Waals surface area contributed by atoms with Crippen LogP contribution in [0, 0.1) is 6.92 Å². The van der Waals surface area contributed by atoms with Crippen LogP contribution in [0.15, 0.2) is 45.3 Å². The van der Waals surface area contributed by atoms with E-state index in [0.717, 1.165) is 41.4 Å². The van der Waals surface area contributed by atoms with Crippen LogP contribution < -0.4 is 0 Å². The number of carbonyl (C=O) groups is 1. The fourth-order valence-electron chi connectivity index (χ4n) is 3.28. The number of hydrogen-bond donors (Lipinski definition) is 0. The summed E-state index contributed by atoms with van der Waals surface area (Å²) in [5.74, 6) is 2.16. The van der Waals surface area contributed by atoms with Crippen LogP contribution in [0.2, 0.25) is 0 Å². The highest BCUT2D eigenvalue weighted by Gasteiger charge is 2.28. The van der Waals surface area contributed by atoms with Crippen LogP contribution in [0.25, 0.3) is 0 Å². The molecule has 4 rings (SSSR count). The molecule has 0 N–H and O–H groups in total. The third-order valence-corrected chi connectivity index (χ3v) is 6.54. The smallest absolute Gasteiger partial charge is 0.255 e. The molecule has 2 aromatic heterocycles. The van der Waals surface area contributed by atoms with E-state index in [4.69, 9.17) is 4.52 Å². The Labute approximate surface area is 166 Å². The first kappa shape index (κ1) is 18.2. The molecule has 140 valence electrons. The summed E-state index contributed by atoms with van der Waals surface area (Å²) in [5.41, 5.74) is 0.735. The van der Waals surface area contributed by atoms with Crippen LogP contribution in [0.4, 0.5) is 0 Å². The first-order chi connectivity index (χ1) is 13.2. The van der Waals surface area contributed by atoms with E-state index in [1.807, 2.05) is 40.7 Å². The lowest BCUT2D eigenvalue weighted by Gasteiger charge is -2.32. The van der Waals surface area contributed by atoms with Crippen molar-refractivity contribution in [1.29, 1.82) is 0 Å². The molecule has 1 aromatic carbocycles. The molecule has 6 nitrogen and oxygen atoms in total. The molecule has 0 bridgehead atoms. The van der Waals surface area contributed by atoms with Crippen LogP contribution in [0.1, 0.15) is 45.8 Å². The fourth-order valence-corrected chi connectivity index (χ4v) is 4.93. The van der Waals surface area contributed by atoms with Crippen molar-refractivity contribution in [3.8, 4) is 0 Å². The minimum absolute atomic E-state index is 0.0843. The molecule has 1 amide bonds. The molecule has 0 aliphatic carbocycles. The summed E-state index contributed by atoms with van der Waals surface area (Å²) in [6, 6.07) is 7.74. The van der Waals surface area contributed by atoms with Crippen molar-refractivity contribution in [2.24, 2.45) is 0 Å². The van der Waals surface area contributed by atoms with Crippen molar-refractivity contribution >= 4 is 29.0 Å². The number of hydrogen-bond acceptors (Lipinski definition) is 7. The highest BCUT2D eigenvalue weighted by molar-refractivity contribution is 7.98. The van der Waals surface area contributed by atoms with Gasteiger partial charge in [0, 0.05) is 35.5 Å². The summed E-state index contributed by atoms with van der Waals surface area (Å²) in [4.78, 5) is 24.8. The second kappa shape index (κ2) is 8.22. The highest BCUT2D eigenvalue weighted by Crippen LogP contribution is 2.31. The van der Waals surface area contributed by atoms with Gasteiger partial charge in [-0.05, 0) is 31.9 Å². The monoisotopic (exact) mass is 400 g/mol. The average molecular weight is 401 g/mol. The number of benzene rings is 1. The van der Waals surface area contributed by atoms with Gasteiger partial charge in [0.2, 0.25) is 5.89 Å². The lowest BCUT2D eigenvalue weighted by Crippen LogP contribution is -2.39. The molecule has 1 saturated heterocycles. The van der Waals surface area contributed by atoms with Crippen LogP contribution >= 0.6 is 23.1 Å². The van der Waals surface area contributed by atoms with Crippen molar-refractivity contribution in [2.75, 3.05) is 13.1 Å². The number of piperidine rings is 1. The molecular formula is C19H20N4O2S2. The second-order valence-electron chi connectivity index (χ2n) is 6.48. The fraction of sp³-hybridized carbons (Fsp3) is 0.368. The normalized spacial score (nSPS) is 17.2. The third kappa shape index (κ3) is 4.22. The molecule has 27 heavy (non-hydrogen) atoms. The predicted molar refractivity (Wildman–Crippen MR) is 105 cm³/mol. The van der Waals surface area contributed by atoms with Crippen molar-refractivity contribution in [1.82, 2.24) is 20.0 Å². The van der Waals surface area contributed by atoms with E-state index in [2.05, 4.69) is 15.1 Å². The molecule has 3 aromatic rings. The van der Waals surface area contributed by atoms with Gasteiger partial charge < -0.3 is 9.42 Å². The molecule has 3 heterocycles. The molecule has 0 spiro atoms. The number of thiazole rings is 1. The van der Waals surface area contributed by atoms with Crippen LogP contribution in [-0.4, -0.2) is 39.0 Å². The Morgan fingerprint density at radius 3 is 3.07 bits per heavy atom. The van der Waals surface area contributed by atoms with Gasteiger partial charge in [0.05, 0.1) is 16.3 Å². The van der Waals surface area contributed by atoms with E-state index >= 15 is 0 Å². The molecule has 1 atom stereocenters. The molecular weight excluding hydrogens is 380 g/mol. The van der Waals surface area contributed by atoms with Crippen molar-refractivity contribution in [2.45, 2.75) is 36.3 Å². The Bertz CT molecular complexity index is 910. The SMILES string of the molecule is Cc1noc(CSc2ccccc2C(=O)N2CCCC(c3nccs3)C2)n1. The number of rotatable bonds is 5. The summed E-state index contributed by atoms with van der Waals surface area (Å²) < 4.78 is 5.18. The van der Waals surface area contributed by atoms with E-state index in [-0.39, 0.29) is 5.91 Å². The Balaban J connectivity index is 1.48. The summed E-state index contributed by atoms with van der Waals surface area (Å²) >= 11 is 3.22. The summed E-state index contributed by atoms with van der Waals surface area (Å²) in [7, 11) is 0. The second-order valence-corrected chi connectivity index (χ2v) is 8.42. The average Bonchev–Trinajstić information content (AvgIpc) is 3.38. The summed E-state index contributed by atoms with van der Waals surface area (Å²) in [5, 5.41) is 6.94. The van der Waals surface area contributed by atoms with Crippen molar-refractivity contribution in [3.63, 3.8) is 0 Å². The zero-order valence-corrected chi connectivity index (χ0v) is 16.6. The molecule has 0 radical (unpaired) electrons. The van der Waals surface area contributed by atoms with Gasteiger partial charge in [-0.25, -0.2) is 4.98 Å². The number of aryl methyl sites for hydroxylation is 1. The van der Waals surface area contributed by atoms with E-state index < -0.39 is 0 Å². The molecule has 1 aliphatic rings. The number of likely N-dealkylation sites (tertiary alicyclic amines) is 1. The van der Waals surface area contributed by atoms with Gasteiger partial charge in [-0.3, -0.25) is 4.79 Å². The van der Waals surface area contributed by atoms with Gasteiger partial charge >= 0.3 is 0 Å². The largest absolute Gasteiger partial charge is 0.338 e. The Morgan fingerprint density at radius 2 is 2.30 bits per heavy atom. The maximum absolute atomic E-state index is 13.2. The number of aromatic nitrogens is 3. The van der Waals surface area contributed by atoms with Crippen LogP contribution in [-0.2, 0) is 5.75 Å². The van der Waals surface area contributed by atoms with E-state index in [1.54, 1.807) is 30.0 Å². The Kier molecular flexibility index (Phi) is 5.54. The predicted octanol–water partition coefficient (Wildman–Crippen LogP) is 4.15. The minimum atomic E-state index is 0.0843. The van der Waals surface area contributed by atoms with E-state index in [9.17, 15) is 4.79 Å². The maximum Gasteiger partial charge on any atom is 0.255 e. The maximum atomic E-state index is 13.2. The Hall–Kier alpha value is -2.19. The molecule has 1 unspecified atom stereocenters. The number of carbonyl (C=O) groups excluding carboxylic acids is 1. The highest BCUT2D eigenvalue weighted by atomic mass is 32.2. The van der Waals surface area contributed by atoms with Gasteiger partial charge in [-0.15, -0.1) is 23.1 Å². The van der Waals surface area contributed by atoms with E-state index in [0.29, 0.717) is 23.4 Å². The molecule has 8 heteroatoms. The van der Waals surface area contributed by atoms with Gasteiger partial charge in [-0.1, -0.05) is 17.3 Å². The van der Waals surface area contributed by atoms with Crippen LogP contribution in [0.5, 0.6) is 0 Å². The quantitative estimate of drug-likeness (QED) is 0.599. The summed E-state index contributed by atoms with van der Waals surface area (Å²) in [6.45, 7) is 3.32. The number of thioether (sulfide) groups is 1. The minimum Gasteiger partial charge on any atom is -0.338 e. The van der Waals surface area contributed by atoms with Gasteiger partial charge in [-0.2, -0.15) is 4.98 Å². The van der Waals surface area contributed by atoms with Crippen molar-refractivity contribution in [3.05, 3.63) is 58.1 Å². The molecule has 1 aliphatic heterocycles.